The molecule has 170 valence electrons. The molecule has 3 heterocycles. The summed E-state index contributed by atoms with van der Waals surface area (Å²) in [4.78, 5) is 25.6. The van der Waals surface area contributed by atoms with Crippen LogP contribution in [-0.2, 0) is 4.79 Å². The zero-order chi connectivity index (χ0) is 23.4. The van der Waals surface area contributed by atoms with Gasteiger partial charge in [0.1, 0.15) is 17.1 Å². The number of alkyl halides is 1. The molecule has 3 aromatic rings. The highest BCUT2D eigenvalue weighted by Crippen LogP contribution is 2.39. The molecule has 1 saturated heterocycles. The van der Waals surface area contributed by atoms with Crippen molar-refractivity contribution in [3.05, 3.63) is 78.2 Å². The Morgan fingerprint density at radius 2 is 1.94 bits per heavy atom. The summed E-state index contributed by atoms with van der Waals surface area (Å²) < 4.78 is 28.7. The summed E-state index contributed by atoms with van der Waals surface area (Å²) in [5.41, 5.74) is 1.93. The van der Waals surface area contributed by atoms with Gasteiger partial charge < -0.3 is 9.80 Å². The fourth-order valence-corrected chi connectivity index (χ4v) is 3.84. The minimum absolute atomic E-state index is 0.160. The SMILES string of the molecule is CN(/C=C\N(C=O)c1c(-c2ccccc2F)ccnc1N1CCC(F)C1)c1ccc(Cl)nc1. The van der Waals surface area contributed by atoms with Gasteiger partial charge in [0.15, 0.2) is 5.82 Å². The van der Waals surface area contributed by atoms with Crippen LogP contribution in [0, 0.1) is 5.82 Å². The smallest absolute Gasteiger partial charge is 0.218 e. The Morgan fingerprint density at radius 1 is 1.12 bits per heavy atom. The predicted octanol–water partition coefficient (Wildman–Crippen LogP) is 5.05. The van der Waals surface area contributed by atoms with Crippen molar-refractivity contribution >= 4 is 35.2 Å². The van der Waals surface area contributed by atoms with Gasteiger partial charge >= 0.3 is 0 Å². The third kappa shape index (κ3) is 4.96. The largest absolute Gasteiger partial charge is 0.352 e. The Kier molecular flexibility index (Phi) is 6.84. The molecule has 1 unspecified atom stereocenters. The van der Waals surface area contributed by atoms with Crippen molar-refractivity contribution in [1.82, 2.24) is 9.97 Å². The molecular formula is C24H22ClF2N5O. The van der Waals surface area contributed by atoms with Crippen molar-refractivity contribution in [2.24, 2.45) is 0 Å². The number of carbonyl (C=O) groups excluding carboxylic acids is 1. The third-order valence-corrected chi connectivity index (χ3v) is 5.66. The van der Waals surface area contributed by atoms with Crippen LogP contribution in [0.4, 0.5) is 26.0 Å². The van der Waals surface area contributed by atoms with Crippen LogP contribution in [0.1, 0.15) is 6.42 Å². The summed E-state index contributed by atoms with van der Waals surface area (Å²) in [5.74, 6) is -0.0108. The van der Waals surface area contributed by atoms with E-state index < -0.39 is 12.0 Å². The lowest BCUT2D eigenvalue weighted by Gasteiger charge is -2.26. The number of aromatic nitrogens is 2. The fourth-order valence-electron chi connectivity index (χ4n) is 3.73. The van der Waals surface area contributed by atoms with Gasteiger partial charge in [0.2, 0.25) is 6.41 Å². The van der Waals surface area contributed by atoms with E-state index in [9.17, 15) is 13.6 Å². The number of nitrogens with zero attached hydrogens (tertiary/aromatic N) is 5. The van der Waals surface area contributed by atoms with E-state index in [-0.39, 0.29) is 6.54 Å². The molecule has 1 amide bonds. The van der Waals surface area contributed by atoms with E-state index in [0.29, 0.717) is 47.2 Å². The molecule has 6 nitrogen and oxygen atoms in total. The molecule has 0 spiro atoms. The number of rotatable bonds is 7. The first-order valence-electron chi connectivity index (χ1n) is 10.4. The van der Waals surface area contributed by atoms with Crippen molar-refractivity contribution in [2.45, 2.75) is 12.6 Å². The van der Waals surface area contributed by atoms with Gasteiger partial charge in [0.05, 0.1) is 24.1 Å². The maximum atomic E-state index is 14.7. The van der Waals surface area contributed by atoms with Crippen LogP contribution >= 0.6 is 11.6 Å². The highest BCUT2D eigenvalue weighted by Gasteiger charge is 2.28. The van der Waals surface area contributed by atoms with Crippen LogP contribution in [0.15, 0.2) is 67.3 Å². The van der Waals surface area contributed by atoms with Gasteiger partial charge in [-0.05, 0) is 30.7 Å². The van der Waals surface area contributed by atoms with Crippen LogP contribution in [0.5, 0.6) is 0 Å². The van der Waals surface area contributed by atoms with Crippen molar-refractivity contribution < 1.29 is 13.6 Å². The normalized spacial score (nSPS) is 15.8. The average molecular weight is 470 g/mol. The molecule has 4 rings (SSSR count). The van der Waals surface area contributed by atoms with E-state index in [1.54, 1.807) is 78.0 Å². The Hall–Kier alpha value is -3.52. The zero-order valence-electron chi connectivity index (χ0n) is 17.9. The van der Waals surface area contributed by atoms with Crippen LogP contribution in [0.3, 0.4) is 0 Å². The molecule has 33 heavy (non-hydrogen) atoms. The molecule has 1 aliphatic heterocycles. The average Bonchev–Trinajstić information content (AvgIpc) is 3.26. The number of amides is 1. The number of benzene rings is 1. The molecule has 1 aromatic carbocycles. The lowest BCUT2D eigenvalue weighted by Crippen LogP contribution is -2.26. The highest BCUT2D eigenvalue weighted by atomic mass is 35.5. The Balaban J connectivity index is 1.77. The lowest BCUT2D eigenvalue weighted by molar-refractivity contribution is -0.106. The first kappa shape index (κ1) is 22.7. The summed E-state index contributed by atoms with van der Waals surface area (Å²) >= 11 is 5.85. The Labute approximate surface area is 195 Å². The monoisotopic (exact) mass is 469 g/mol. The molecule has 1 atom stereocenters. The van der Waals surface area contributed by atoms with Crippen LogP contribution in [0.25, 0.3) is 11.1 Å². The number of hydrogen-bond donors (Lipinski definition) is 0. The summed E-state index contributed by atoms with van der Waals surface area (Å²) in [5, 5.41) is 0.372. The minimum Gasteiger partial charge on any atom is -0.352 e. The van der Waals surface area contributed by atoms with Crippen LogP contribution < -0.4 is 14.7 Å². The Bertz CT molecular complexity index is 1160. The second-order valence-corrected chi connectivity index (χ2v) is 7.99. The standard InChI is InChI=1S/C24H22ClF2N5O/c1-30(18-6-7-22(25)29-14-18)12-13-32(16-33)23-20(19-4-2-3-5-21(19)27)8-10-28-24(23)31-11-9-17(26)15-31/h2-8,10,12-14,16-17H,9,11,15H2,1H3/b13-12-. The molecule has 2 aromatic heterocycles. The molecule has 0 radical (unpaired) electrons. The van der Waals surface area contributed by atoms with E-state index in [4.69, 9.17) is 11.6 Å². The van der Waals surface area contributed by atoms with E-state index in [2.05, 4.69) is 9.97 Å². The summed E-state index contributed by atoms with van der Waals surface area (Å²) in [7, 11) is 1.79. The lowest BCUT2D eigenvalue weighted by atomic mass is 10.0. The number of hydrogen-bond acceptors (Lipinski definition) is 5. The van der Waals surface area contributed by atoms with Crippen molar-refractivity contribution in [3.8, 4) is 11.1 Å². The van der Waals surface area contributed by atoms with Gasteiger partial charge in [-0.1, -0.05) is 29.8 Å². The van der Waals surface area contributed by atoms with Crippen LogP contribution in [0.2, 0.25) is 5.15 Å². The van der Waals surface area contributed by atoms with Gasteiger partial charge in [-0.2, -0.15) is 0 Å². The van der Waals surface area contributed by atoms with Crippen LogP contribution in [-0.4, -0.2) is 42.7 Å². The quantitative estimate of drug-likeness (QED) is 0.358. The third-order valence-electron chi connectivity index (χ3n) is 5.44. The second-order valence-electron chi connectivity index (χ2n) is 7.60. The number of halogens is 3. The van der Waals surface area contributed by atoms with Crippen molar-refractivity contribution in [2.75, 3.05) is 34.8 Å². The summed E-state index contributed by atoms with van der Waals surface area (Å²) in [6, 6.07) is 11.4. The minimum atomic E-state index is -0.986. The highest BCUT2D eigenvalue weighted by molar-refractivity contribution is 6.29. The second kappa shape index (κ2) is 9.95. The molecule has 9 heteroatoms. The maximum Gasteiger partial charge on any atom is 0.218 e. The molecule has 0 bridgehead atoms. The first-order chi connectivity index (χ1) is 16.0. The van der Waals surface area contributed by atoms with E-state index in [1.165, 1.54) is 11.0 Å². The predicted molar refractivity (Wildman–Crippen MR) is 127 cm³/mol. The molecule has 0 saturated carbocycles. The maximum absolute atomic E-state index is 14.7. The first-order valence-corrected chi connectivity index (χ1v) is 10.7. The van der Waals surface area contributed by atoms with E-state index in [1.807, 2.05) is 0 Å². The zero-order valence-corrected chi connectivity index (χ0v) is 18.7. The van der Waals surface area contributed by atoms with Gasteiger partial charge in [-0.15, -0.1) is 0 Å². The number of carbonyl (C=O) groups is 1. The molecular weight excluding hydrogens is 448 g/mol. The van der Waals surface area contributed by atoms with E-state index in [0.717, 1.165) is 5.69 Å². The number of pyridine rings is 2. The topological polar surface area (TPSA) is 52.6 Å². The summed E-state index contributed by atoms with van der Waals surface area (Å²) in [6.07, 6.45) is 6.37. The fraction of sp³-hybridized carbons (Fsp3) is 0.208. The van der Waals surface area contributed by atoms with Crippen molar-refractivity contribution in [1.29, 1.82) is 0 Å². The number of anilines is 3. The van der Waals surface area contributed by atoms with Gasteiger partial charge in [-0.25, -0.2) is 18.7 Å². The summed E-state index contributed by atoms with van der Waals surface area (Å²) in [6.45, 7) is 0.613. The van der Waals surface area contributed by atoms with E-state index >= 15 is 0 Å². The molecule has 0 N–H and O–H groups in total. The van der Waals surface area contributed by atoms with Crippen molar-refractivity contribution in [3.63, 3.8) is 0 Å². The van der Waals surface area contributed by atoms with Gasteiger partial charge in [-0.3, -0.25) is 9.69 Å². The van der Waals surface area contributed by atoms with Gasteiger partial charge in [0, 0.05) is 43.3 Å². The molecule has 1 aliphatic rings. The molecule has 0 aliphatic carbocycles. The van der Waals surface area contributed by atoms with Gasteiger partial charge in [0.25, 0.3) is 0 Å². The Morgan fingerprint density at radius 3 is 2.61 bits per heavy atom. The molecule has 1 fully saturated rings.